The van der Waals surface area contributed by atoms with Gasteiger partial charge in [-0.05, 0) is 55.9 Å². The predicted octanol–water partition coefficient (Wildman–Crippen LogP) is 3.39. The molecule has 0 atom stereocenters. The topological polar surface area (TPSA) is 23.8 Å². The summed E-state index contributed by atoms with van der Waals surface area (Å²) in [5.74, 6) is -0.197. The van der Waals surface area contributed by atoms with E-state index in [1.165, 1.54) is 6.07 Å². The summed E-state index contributed by atoms with van der Waals surface area (Å²) in [6.45, 7) is 3.73. The molecule has 1 aromatic rings. The third-order valence-corrected chi connectivity index (χ3v) is 3.51. The van der Waals surface area contributed by atoms with Crippen LogP contribution in [0.4, 0.5) is 4.39 Å². The molecule has 15 heavy (non-hydrogen) atoms. The molecule has 0 bridgehead atoms. The molecular formula is C13H14FN. The quantitative estimate of drug-likeness (QED) is 0.686. The van der Waals surface area contributed by atoms with Gasteiger partial charge in [-0.2, -0.15) is 5.26 Å². The van der Waals surface area contributed by atoms with Gasteiger partial charge in [-0.1, -0.05) is 6.07 Å². The number of aryl methyl sites for hydroxylation is 1. The van der Waals surface area contributed by atoms with Gasteiger partial charge in [0.1, 0.15) is 5.82 Å². The van der Waals surface area contributed by atoms with Gasteiger partial charge in [0, 0.05) is 0 Å². The Kier molecular flexibility index (Phi) is 2.26. The largest absolute Gasteiger partial charge is 0.207 e. The maximum Gasteiger partial charge on any atom is 0.126 e. The first kappa shape index (κ1) is 10.2. The van der Waals surface area contributed by atoms with Crippen molar-refractivity contribution in [3.05, 3.63) is 34.6 Å². The van der Waals surface area contributed by atoms with E-state index in [2.05, 4.69) is 6.07 Å². The highest BCUT2D eigenvalue weighted by atomic mass is 19.1. The molecule has 1 nitrogen and oxygen atoms in total. The van der Waals surface area contributed by atoms with E-state index in [1.54, 1.807) is 13.0 Å². The smallest absolute Gasteiger partial charge is 0.126 e. The molecule has 1 saturated carbocycles. The fourth-order valence-corrected chi connectivity index (χ4v) is 2.51. The van der Waals surface area contributed by atoms with E-state index in [9.17, 15) is 9.65 Å². The molecule has 1 aliphatic carbocycles. The fraction of sp³-hybridized carbons (Fsp3) is 0.462. The number of halogens is 1. The second-order valence-electron chi connectivity index (χ2n) is 4.41. The second kappa shape index (κ2) is 3.34. The maximum absolute atomic E-state index is 13.5. The van der Waals surface area contributed by atoms with Crippen LogP contribution in [-0.4, -0.2) is 0 Å². The van der Waals surface area contributed by atoms with Gasteiger partial charge in [-0.15, -0.1) is 0 Å². The molecule has 0 spiro atoms. The number of benzene rings is 1. The monoisotopic (exact) mass is 203 g/mol. The highest BCUT2D eigenvalue weighted by Crippen LogP contribution is 2.45. The Balaban J connectivity index is 2.62. The van der Waals surface area contributed by atoms with Crippen LogP contribution >= 0.6 is 0 Å². The van der Waals surface area contributed by atoms with Gasteiger partial charge in [-0.3, -0.25) is 0 Å². The van der Waals surface area contributed by atoms with Crippen LogP contribution in [0.5, 0.6) is 0 Å². The van der Waals surface area contributed by atoms with Crippen molar-refractivity contribution in [2.45, 2.75) is 38.5 Å². The van der Waals surface area contributed by atoms with Crippen molar-refractivity contribution in [3.63, 3.8) is 0 Å². The Labute approximate surface area is 89.5 Å². The standard InChI is InChI=1S/C13H14FN/c1-9-4-5-11(14)10(2)12(9)13(8-15)6-3-7-13/h4-5H,3,6-7H2,1-2H3. The summed E-state index contributed by atoms with van der Waals surface area (Å²) in [5, 5.41) is 9.26. The van der Waals surface area contributed by atoms with Gasteiger partial charge in [0.25, 0.3) is 0 Å². The number of nitrogens with zero attached hydrogens (tertiary/aromatic N) is 1. The summed E-state index contributed by atoms with van der Waals surface area (Å²) < 4.78 is 13.5. The highest BCUT2D eigenvalue weighted by Gasteiger charge is 2.41. The summed E-state index contributed by atoms with van der Waals surface area (Å²) in [5.41, 5.74) is 2.21. The molecule has 1 aliphatic rings. The number of rotatable bonds is 1. The minimum absolute atomic E-state index is 0.197. The molecule has 2 heteroatoms. The average Bonchev–Trinajstić information content (AvgIpc) is 2.16. The molecular weight excluding hydrogens is 189 g/mol. The van der Waals surface area contributed by atoms with E-state index in [0.29, 0.717) is 5.56 Å². The van der Waals surface area contributed by atoms with Crippen LogP contribution in [0.25, 0.3) is 0 Å². The van der Waals surface area contributed by atoms with Crippen LogP contribution in [0.15, 0.2) is 12.1 Å². The van der Waals surface area contributed by atoms with Crippen LogP contribution in [0.3, 0.4) is 0 Å². The maximum atomic E-state index is 13.5. The van der Waals surface area contributed by atoms with Gasteiger partial charge in [0.15, 0.2) is 0 Å². The van der Waals surface area contributed by atoms with Crippen molar-refractivity contribution in [1.82, 2.24) is 0 Å². The molecule has 0 aromatic heterocycles. The molecule has 1 fully saturated rings. The molecule has 0 aliphatic heterocycles. The van der Waals surface area contributed by atoms with Gasteiger partial charge in [0.2, 0.25) is 0 Å². The van der Waals surface area contributed by atoms with Crippen molar-refractivity contribution < 1.29 is 4.39 Å². The Morgan fingerprint density at radius 1 is 1.33 bits per heavy atom. The van der Waals surface area contributed by atoms with Crippen molar-refractivity contribution in [3.8, 4) is 6.07 Å². The Morgan fingerprint density at radius 3 is 2.47 bits per heavy atom. The summed E-state index contributed by atoms with van der Waals surface area (Å²) >= 11 is 0. The van der Waals surface area contributed by atoms with Gasteiger partial charge >= 0.3 is 0 Å². The highest BCUT2D eigenvalue weighted by molar-refractivity contribution is 5.46. The predicted molar refractivity (Wildman–Crippen MR) is 57.0 cm³/mol. The number of nitriles is 1. The molecule has 0 heterocycles. The Hall–Kier alpha value is -1.36. The summed E-state index contributed by atoms with van der Waals surface area (Å²) in [6, 6.07) is 5.63. The summed E-state index contributed by atoms with van der Waals surface area (Å²) in [7, 11) is 0. The van der Waals surface area contributed by atoms with Crippen LogP contribution < -0.4 is 0 Å². The lowest BCUT2D eigenvalue weighted by Gasteiger charge is -2.38. The van der Waals surface area contributed by atoms with Crippen molar-refractivity contribution in [2.24, 2.45) is 0 Å². The number of hydrogen-bond acceptors (Lipinski definition) is 1. The third kappa shape index (κ3) is 1.34. The van der Waals surface area contributed by atoms with E-state index in [0.717, 1.165) is 30.4 Å². The third-order valence-electron chi connectivity index (χ3n) is 3.51. The van der Waals surface area contributed by atoms with E-state index in [4.69, 9.17) is 0 Å². The molecule has 0 amide bonds. The summed E-state index contributed by atoms with van der Waals surface area (Å²) in [4.78, 5) is 0. The van der Waals surface area contributed by atoms with Crippen LogP contribution in [-0.2, 0) is 5.41 Å². The molecule has 1 aromatic carbocycles. The van der Waals surface area contributed by atoms with Crippen molar-refractivity contribution in [2.75, 3.05) is 0 Å². The molecule has 0 saturated heterocycles. The van der Waals surface area contributed by atoms with Gasteiger partial charge in [0.05, 0.1) is 11.5 Å². The molecule has 0 N–H and O–H groups in total. The van der Waals surface area contributed by atoms with Crippen LogP contribution in [0, 0.1) is 31.0 Å². The molecule has 78 valence electrons. The van der Waals surface area contributed by atoms with E-state index in [1.807, 2.05) is 6.92 Å². The van der Waals surface area contributed by atoms with Crippen molar-refractivity contribution in [1.29, 1.82) is 5.26 Å². The van der Waals surface area contributed by atoms with Gasteiger partial charge < -0.3 is 0 Å². The molecule has 2 rings (SSSR count). The first-order valence-corrected chi connectivity index (χ1v) is 5.28. The first-order chi connectivity index (χ1) is 7.10. The van der Waals surface area contributed by atoms with Crippen LogP contribution in [0.2, 0.25) is 0 Å². The van der Waals surface area contributed by atoms with Crippen LogP contribution in [0.1, 0.15) is 36.0 Å². The zero-order valence-electron chi connectivity index (χ0n) is 9.10. The number of hydrogen-bond donors (Lipinski definition) is 0. The lowest BCUT2D eigenvalue weighted by molar-refractivity contribution is 0.320. The molecule has 0 unspecified atom stereocenters. The Bertz CT molecular complexity index is 439. The SMILES string of the molecule is Cc1ccc(F)c(C)c1C1(C#N)CCC1. The zero-order chi connectivity index (χ0) is 11.1. The normalized spacial score (nSPS) is 18.0. The Morgan fingerprint density at radius 2 is 2.00 bits per heavy atom. The minimum Gasteiger partial charge on any atom is -0.207 e. The average molecular weight is 203 g/mol. The zero-order valence-corrected chi connectivity index (χ0v) is 9.10. The fourth-order valence-electron chi connectivity index (χ4n) is 2.51. The second-order valence-corrected chi connectivity index (χ2v) is 4.41. The minimum atomic E-state index is -0.406. The van der Waals surface area contributed by atoms with Gasteiger partial charge in [-0.25, -0.2) is 4.39 Å². The first-order valence-electron chi connectivity index (χ1n) is 5.28. The van der Waals surface area contributed by atoms with Crippen molar-refractivity contribution >= 4 is 0 Å². The lowest BCUT2D eigenvalue weighted by atomic mass is 9.63. The summed E-state index contributed by atoms with van der Waals surface area (Å²) in [6.07, 6.45) is 2.81. The lowest BCUT2D eigenvalue weighted by Crippen LogP contribution is -2.34. The van der Waals surface area contributed by atoms with E-state index < -0.39 is 5.41 Å². The van der Waals surface area contributed by atoms with E-state index >= 15 is 0 Å². The van der Waals surface area contributed by atoms with E-state index in [-0.39, 0.29) is 5.82 Å². The molecule has 0 radical (unpaired) electrons.